The quantitative estimate of drug-likeness (QED) is 0.705. The van der Waals surface area contributed by atoms with Crippen molar-refractivity contribution < 1.29 is 14.6 Å². The summed E-state index contributed by atoms with van der Waals surface area (Å²) in [6.45, 7) is 0.263. The first kappa shape index (κ1) is 18.4. The molecule has 1 aliphatic rings. The fourth-order valence-corrected chi connectivity index (χ4v) is 3.71. The molecule has 2 N–H and O–H groups in total. The summed E-state index contributed by atoms with van der Waals surface area (Å²) in [5.41, 5.74) is 1.37. The van der Waals surface area contributed by atoms with Gasteiger partial charge in [0, 0.05) is 36.7 Å². The van der Waals surface area contributed by atoms with E-state index in [2.05, 4.69) is 15.3 Å². The van der Waals surface area contributed by atoms with E-state index >= 15 is 0 Å². The highest BCUT2D eigenvalue weighted by atomic mass is 16.5. The van der Waals surface area contributed by atoms with E-state index in [1.165, 1.54) is 12.4 Å². The summed E-state index contributed by atoms with van der Waals surface area (Å²) in [5, 5.41) is 17.8. The third kappa shape index (κ3) is 3.68. The van der Waals surface area contributed by atoms with E-state index < -0.39 is 5.91 Å². The lowest BCUT2D eigenvalue weighted by atomic mass is 9.87. The van der Waals surface area contributed by atoms with Crippen LogP contribution in [0.15, 0.2) is 36.8 Å². The fraction of sp³-hybridized carbons (Fsp3) is 0.400. The number of methoxy groups -OCH3 is 1. The van der Waals surface area contributed by atoms with Gasteiger partial charge in [-0.1, -0.05) is 0 Å². The minimum absolute atomic E-state index is 0.0981. The van der Waals surface area contributed by atoms with Crippen LogP contribution in [-0.4, -0.2) is 44.5 Å². The van der Waals surface area contributed by atoms with Gasteiger partial charge in [-0.05, 0) is 43.7 Å². The topological polar surface area (TPSA) is 102 Å². The van der Waals surface area contributed by atoms with Crippen molar-refractivity contribution in [2.24, 2.45) is 5.92 Å². The Kier molecular flexibility index (Phi) is 5.21. The van der Waals surface area contributed by atoms with Crippen molar-refractivity contribution in [3.05, 3.63) is 42.6 Å². The third-order valence-electron chi connectivity index (χ3n) is 5.31. The zero-order valence-corrected chi connectivity index (χ0v) is 15.7. The summed E-state index contributed by atoms with van der Waals surface area (Å²) in [6, 6.07) is 5.67. The normalized spacial score (nSPS) is 19.5. The van der Waals surface area contributed by atoms with E-state index in [0.717, 1.165) is 36.6 Å². The van der Waals surface area contributed by atoms with Crippen LogP contribution >= 0.6 is 0 Å². The Morgan fingerprint density at radius 2 is 2.00 bits per heavy atom. The first-order valence-electron chi connectivity index (χ1n) is 9.44. The second-order valence-electron chi connectivity index (χ2n) is 7.10. The molecular weight excluding hydrogens is 358 g/mol. The number of carbonyl (C=O) groups excluding carboxylic acids is 1. The van der Waals surface area contributed by atoms with Crippen LogP contribution in [0.3, 0.4) is 0 Å². The molecule has 3 aromatic rings. The average molecular weight is 381 g/mol. The number of benzene rings is 1. The maximum atomic E-state index is 12.4. The Hall–Kier alpha value is -3.00. The summed E-state index contributed by atoms with van der Waals surface area (Å²) in [7, 11) is 1.56. The van der Waals surface area contributed by atoms with Crippen molar-refractivity contribution in [1.82, 2.24) is 19.7 Å². The molecule has 0 radical (unpaired) electrons. The molecule has 0 bridgehead atoms. The molecule has 146 valence electrons. The highest BCUT2D eigenvalue weighted by Crippen LogP contribution is 2.34. The first-order valence-corrected chi connectivity index (χ1v) is 9.44. The standard InChI is InChI=1S/C20H23N5O3/c1-28-18-10-16-14(9-17(18)23-20(27)19-21-7-2-8-22-19)11-25(24-16)15-5-3-13(12-26)4-6-15/h2,7-11,13,15,26H,3-6,12H2,1H3,(H,23,27). The number of rotatable bonds is 5. The number of amides is 1. The Morgan fingerprint density at radius 3 is 2.68 bits per heavy atom. The minimum Gasteiger partial charge on any atom is -0.494 e. The third-order valence-corrected chi connectivity index (χ3v) is 5.31. The number of nitrogens with zero attached hydrogens (tertiary/aromatic N) is 4. The highest BCUT2D eigenvalue weighted by molar-refractivity contribution is 6.03. The number of anilines is 1. The lowest BCUT2D eigenvalue weighted by molar-refractivity contribution is 0.101. The van der Waals surface area contributed by atoms with Gasteiger partial charge < -0.3 is 15.2 Å². The molecule has 0 atom stereocenters. The SMILES string of the molecule is COc1cc2nn(C3CCC(CO)CC3)cc2cc1NC(=O)c1ncccn1. The van der Waals surface area contributed by atoms with Gasteiger partial charge in [0.25, 0.3) is 5.91 Å². The summed E-state index contributed by atoms with van der Waals surface area (Å²) < 4.78 is 7.44. The molecule has 28 heavy (non-hydrogen) atoms. The van der Waals surface area contributed by atoms with Crippen LogP contribution in [0, 0.1) is 5.92 Å². The Labute approximate surface area is 162 Å². The maximum absolute atomic E-state index is 12.4. The highest BCUT2D eigenvalue weighted by Gasteiger charge is 2.23. The van der Waals surface area contributed by atoms with E-state index in [-0.39, 0.29) is 12.4 Å². The van der Waals surface area contributed by atoms with Gasteiger partial charge in [0.1, 0.15) is 5.75 Å². The molecule has 0 saturated heterocycles. The first-order chi connectivity index (χ1) is 13.7. The van der Waals surface area contributed by atoms with Gasteiger partial charge >= 0.3 is 0 Å². The van der Waals surface area contributed by atoms with Gasteiger partial charge in [0.05, 0.1) is 24.4 Å². The van der Waals surface area contributed by atoms with Crippen molar-refractivity contribution in [3.8, 4) is 5.75 Å². The average Bonchev–Trinajstić information content (AvgIpc) is 3.16. The number of nitrogens with one attached hydrogen (secondary N) is 1. The summed E-state index contributed by atoms with van der Waals surface area (Å²) in [4.78, 5) is 20.3. The van der Waals surface area contributed by atoms with Crippen LogP contribution in [0.4, 0.5) is 5.69 Å². The summed E-state index contributed by atoms with van der Waals surface area (Å²) >= 11 is 0. The Balaban J connectivity index is 1.59. The van der Waals surface area contributed by atoms with Crippen LogP contribution in [-0.2, 0) is 0 Å². The van der Waals surface area contributed by atoms with Crippen LogP contribution in [0.5, 0.6) is 5.75 Å². The second kappa shape index (κ2) is 7.93. The van der Waals surface area contributed by atoms with E-state index in [9.17, 15) is 9.90 Å². The molecule has 1 fully saturated rings. The monoisotopic (exact) mass is 381 g/mol. The molecule has 1 saturated carbocycles. The maximum Gasteiger partial charge on any atom is 0.293 e. The van der Waals surface area contributed by atoms with E-state index in [4.69, 9.17) is 9.84 Å². The number of hydrogen-bond donors (Lipinski definition) is 2. The molecule has 1 aliphatic carbocycles. The predicted octanol–water partition coefficient (Wildman–Crippen LogP) is 2.81. The number of ether oxygens (including phenoxy) is 1. The number of aliphatic hydroxyl groups is 1. The zero-order valence-electron chi connectivity index (χ0n) is 15.7. The molecule has 0 spiro atoms. The molecule has 1 aromatic carbocycles. The summed E-state index contributed by atoms with van der Waals surface area (Å²) in [5.74, 6) is 0.642. The van der Waals surface area contributed by atoms with Crippen molar-refractivity contribution in [3.63, 3.8) is 0 Å². The number of aliphatic hydroxyl groups excluding tert-OH is 1. The Morgan fingerprint density at radius 1 is 1.25 bits per heavy atom. The summed E-state index contributed by atoms with van der Waals surface area (Å²) in [6.07, 6.45) is 9.10. The van der Waals surface area contributed by atoms with Crippen LogP contribution in [0.1, 0.15) is 42.3 Å². The van der Waals surface area contributed by atoms with E-state index in [1.807, 2.05) is 23.0 Å². The van der Waals surface area contributed by atoms with Crippen LogP contribution in [0.25, 0.3) is 10.9 Å². The molecule has 8 heteroatoms. The Bertz CT molecular complexity index is 965. The van der Waals surface area contributed by atoms with Crippen molar-refractivity contribution >= 4 is 22.5 Å². The van der Waals surface area contributed by atoms with Crippen molar-refractivity contribution in [2.75, 3.05) is 19.0 Å². The van der Waals surface area contributed by atoms with E-state index in [1.54, 1.807) is 13.2 Å². The fourth-order valence-electron chi connectivity index (χ4n) is 3.71. The van der Waals surface area contributed by atoms with Gasteiger partial charge in [-0.15, -0.1) is 0 Å². The molecule has 8 nitrogen and oxygen atoms in total. The molecular formula is C20H23N5O3. The predicted molar refractivity (Wildman–Crippen MR) is 104 cm³/mol. The van der Waals surface area contributed by atoms with Gasteiger partial charge in [0.2, 0.25) is 5.82 Å². The van der Waals surface area contributed by atoms with Crippen molar-refractivity contribution in [2.45, 2.75) is 31.7 Å². The molecule has 0 aliphatic heterocycles. The lowest BCUT2D eigenvalue weighted by Gasteiger charge is -2.27. The largest absolute Gasteiger partial charge is 0.494 e. The van der Waals surface area contributed by atoms with Gasteiger partial charge in [-0.2, -0.15) is 5.10 Å². The molecule has 2 heterocycles. The van der Waals surface area contributed by atoms with Gasteiger partial charge in [-0.25, -0.2) is 9.97 Å². The smallest absolute Gasteiger partial charge is 0.293 e. The number of aromatic nitrogens is 4. The minimum atomic E-state index is -0.395. The van der Waals surface area contributed by atoms with Crippen LogP contribution in [0.2, 0.25) is 0 Å². The van der Waals surface area contributed by atoms with Gasteiger partial charge in [-0.3, -0.25) is 9.48 Å². The van der Waals surface area contributed by atoms with Gasteiger partial charge in [0.15, 0.2) is 0 Å². The zero-order chi connectivity index (χ0) is 19.5. The molecule has 1 amide bonds. The van der Waals surface area contributed by atoms with Crippen LogP contribution < -0.4 is 10.1 Å². The molecule has 0 unspecified atom stereocenters. The number of hydrogen-bond acceptors (Lipinski definition) is 6. The second-order valence-corrected chi connectivity index (χ2v) is 7.10. The molecule has 4 rings (SSSR count). The lowest BCUT2D eigenvalue weighted by Crippen LogP contribution is -2.20. The number of fused-ring (bicyclic) bond motifs is 1. The van der Waals surface area contributed by atoms with Crippen molar-refractivity contribution in [1.29, 1.82) is 0 Å². The number of carbonyl (C=O) groups is 1. The van der Waals surface area contributed by atoms with E-state index in [0.29, 0.717) is 23.4 Å². The molecule has 2 aromatic heterocycles.